The number of hydrogen-bond donors (Lipinski definition) is 0. The molecular formula is C29H57NO2. The van der Waals surface area contributed by atoms with Crippen LogP contribution in [0.15, 0.2) is 41.0 Å². The Balaban J connectivity index is -0.000000730. The van der Waals surface area contributed by atoms with Crippen LogP contribution in [-0.2, 0) is 6.54 Å². The minimum atomic E-state index is 0. The maximum absolute atomic E-state index is 5.85. The highest BCUT2D eigenvalue weighted by Crippen LogP contribution is 2.25. The van der Waals surface area contributed by atoms with Gasteiger partial charge < -0.3 is 10.00 Å². The van der Waals surface area contributed by atoms with E-state index in [0.717, 1.165) is 24.0 Å². The van der Waals surface area contributed by atoms with Crippen molar-refractivity contribution in [2.45, 2.75) is 114 Å². The summed E-state index contributed by atoms with van der Waals surface area (Å²) in [5.41, 5.74) is 4.73. The maximum Gasteiger partial charge on any atom is 0.182 e. The van der Waals surface area contributed by atoms with Crippen molar-refractivity contribution < 1.29 is 12.9 Å². The third kappa shape index (κ3) is 10.3. The molecule has 1 unspecified atom stereocenters. The van der Waals surface area contributed by atoms with Crippen LogP contribution < -0.4 is 0 Å². The largest absolute Gasteiger partial charge is 0.412 e. The Bertz CT molecular complexity index is 757. The predicted octanol–water partition coefficient (Wildman–Crippen LogP) is 9.96. The first-order chi connectivity index (χ1) is 14.6. The lowest BCUT2D eigenvalue weighted by atomic mass is 9.89. The summed E-state index contributed by atoms with van der Waals surface area (Å²) in [6.45, 7) is 16.0. The maximum atomic E-state index is 5.85. The fourth-order valence-corrected chi connectivity index (χ4v) is 4.11. The topological polar surface area (TPSA) is 49.6 Å². The molecule has 0 bridgehead atoms. The summed E-state index contributed by atoms with van der Waals surface area (Å²) >= 11 is 0. The molecular weight excluding hydrogens is 394 g/mol. The van der Waals surface area contributed by atoms with Crippen molar-refractivity contribution in [3.05, 3.63) is 42.0 Å². The van der Waals surface area contributed by atoms with Crippen LogP contribution in [0.5, 0.6) is 0 Å². The van der Waals surface area contributed by atoms with Gasteiger partial charge in [-0.2, -0.15) is 0 Å². The molecule has 0 saturated heterocycles. The van der Waals surface area contributed by atoms with Gasteiger partial charge in [0.2, 0.25) is 0 Å². The fraction of sp³-hybridized carbons (Fsp3) is 0.655. The van der Waals surface area contributed by atoms with Crippen LogP contribution in [0.4, 0.5) is 0 Å². The van der Waals surface area contributed by atoms with Crippen LogP contribution in [0, 0.1) is 11.8 Å². The van der Waals surface area contributed by atoms with Crippen molar-refractivity contribution >= 4 is 16.7 Å². The molecule has 0 saturated carbocycles. The zero-order valence-corrected chi connectivity index (χ0v) is 21.3. The second kappa shape index (κ2) is 18.8. The van der Waals surface area contributed by atoms with Crippen LogP contribution in [0.1, 0.15) is 116 Å². The molecule has 2 N–H and O–H groups in total. The molecule has 190 valence electrons. The normalized spacial score (nSPS) is 12.4. The molecule has 0 spiro atoms. The molecule has 1 aromatic heterocycles. The number of allylic oxidation sites excluding steroid dienone is 4. The van der Waals surface area contributed by atoms with Gasteiger partial charge in [0.15, 0.2) is 5.58 Å². The minimum Gasteiger partial charge on any atom is -0.412 e. The van der Waals surface area contributed by atoms with Crippen molar-refractivity contribution in [3.8, 4) is 0 Å². The van der Waals surface area contributed by atoms with E-state index in [0.29, 0.717) is 0 Å². The highest BCUT2D eigenvalue weighted by atomic mass is 16.5. The average molecular weight is 452 g/mol. The Labute approximate surface area is 202 Å². The highest BCUT2D eigenvalue weighted by Gasteiger charge is 2.10. The van der Waals surface area contributed by atoms with Crippen LogP contribution >= 0.6 is 0 Å². The number of benzene rings is 1. The molecule has 32 heavy (non-hydrogen) atoms. The van der Waals surface area contributed by atoms with Gasteiger partial charge >= 0.3 is 0 Å². The molecule has 3 heteroatoms. The zero-order valence-electron chi connectivity index (χ0n) is 21.3. The van der Waals surface area contributed by atoms with Crippen LogP contribution in [0.3, 0.4) is 0 Å². The molecule has 2 aromatic rings. The number of aromatic nitrogens is 1. The average Bonchev–Trinajstić information content (AvgIpc) is 2.77. The first-order valence-corrected chi connectivity index (χ1v) is 12.5. The molecule has 2 rings (SSSR count). The van der Waals surface area contributed by atoms with Crippen molar-refractivity contribution in [2.24, 2.45) is 11.8 Å². The van der Waals surface area contributed by atoms with Gasteiger partial charge in [0.25, 0.3) is 0 Å². The van der Waals surface area contributed by atoms with Gasteiger partial charge in [-0.1, -0.05) is 111 Å². The lowest BCUT2D eigenvalue weighted by molar-refractivity contribution is 0.287. The Kier molecular flexibility index (Phi) is 19.1. The Hall–Kier alpha value is -1.74. The SMILES string of the molecule is C.C/C=C(\C)c1ccc2c(c1)on2C/C=C/CC(CCC)CCCC(CC)CC.CC.O.[HH].[HH]. The van der Waals surface area contributed by atoms with Gasteiger partial charge in [-0.25, -0.2) is 4.74 Å². The van der Waals surface area contributed by atoms with E-state index in [2.05, 4.69) is 71.0 Å². The van der Waals surface area contributed by atoms with Crippen molar-refractivity contribution in [3.63, 3.8) is 0 Å². The second-order valence-corrected chi connectivity index (χ2v) is 8.28. The van der Waals surface area contributed by atoms with E-state index in [-0.39, 0.29) is 15.8 Å². The highest BCUT2D eigenvalue weighted by molar-refractivity contribution is 5.79. The fourth-order valence-electron chi connectivity index (χ4n) is 4.11. The van der Waals surface area contributed by atoms with Crippen LogP contribution in [0.25, 0.3) is 16.7 Å². The summed E-state index contributed by atoms with van der Waals surface area (Å²) in [5.74, 6) is 1.77. The molecule has 0 aliphatic heterocycles. The zero-order chi connectivity index (χ0) is 22.4. The Morgan fingerprint density at radius 3 is 2.25 bits per heavy atom. The van der Waals surface area contributed by atoms with Gasteiger partial charge in [-0.15, -0.1) is 0 Å². The first-order valence-electron chi connectivity index (χ1n) is 12.5. The van der Waals surface area contributed by atoms with E-state index >= 15 is 0 Å². The second-order valence-electron chi connectivity index (χ2n) is 8.28. The summed E-state index contributed by atoms with van der Waals surface area (Å²) in [7, 11) is 0. The van der Waals surface area contributed by atoms with E-state index in [1.807, 2.05) is 18.6 Å². The third-order valence-electron chi connectivity index (χ3n) is 6.31. The minimum absolute atomic E-state index is 0. The van der Waals surface area contributed by atoms with Gasteiger partial charge in [-0.3, -0.25) is 0 Å². The predicted molar refractivity (Wildman–Crippen MR) is 150 cm³/mol. The quantitative estimate of drug-likeness (QED) is 0.279. The smallest absolute Gasteiger partial charge is 0.182 e. The van der Waals surface area contributed by atoms with E-state index < -0.39 is 0 Å². The molecule has 1 atom stereocenters. The van der Waals surface area contributed by atoms with E-state index in [1.54, 1.807) is 0 Å². The third-order valence-corrected chi connectivity index (χ3v) is 6.31. The van der Waals surface area contributed by atoms with Crippen molar-refractivity contribution in [1.29, 1.82) is 0 Å². The lowest BCUT2D eigenvalue weighted by Gasteiger charge is -2.17. The molecule has 1 aromatic carbocycles. The molecule has 0 fully saturated rings. The van der Waals surface area contributed by atoms with Gasteiger partial charge in [-0.05, 0) is 55.4 Å². The summed E-state index contributed by atoms with van der Waals surface area (Å²) in [5, 5.41) is 0. The molecule has 0 aliphatic carbocycles. The number of hydrogen-bond acceptors (Lipinski definition) is 1. The Morgan fingerprint density at radius 2 is 1.69 bits per heavy atom. The Morgan fingerprint density at radius 1 is 1.03 bits per heavy atom. The van der Waals surface area contributed by atoms with Crippen molar-refractivity contribution in [2.75, 3.05) is 0 Å². The van der Waals surface area contributed by atoms with Gasteiger partial charge in [0.05, 0.1) is 6.54 Å². The summed E-state index contributed by atoms with van der Waals surface area (Å²) in [4.78, 5) is 0. The number of nitrogens with zero attached hydrogens (tertiary/aromatic N) is 1. The standard InChI is InChI=1S/C26H41NO.C2H6.CH4.H2O.2H2/c1-6-13-23(16-12-15-22(8-3)9-4)14-10-11-19-27-25-18-17-24(21(5)7-2)20-26(25)28-27;1-2;;;;/h7,10-11,17-18,20,22-23H,6,8-9,12-16,19H2,1-5H3;1-2H3;1H4;1H2;2*1H/b11-10+,21-7+;;;;;. The molecule has 0 amide bonds. The summed E-state index contributed by atoms with van der Waals surface area (Å²) in [6.07, 6.45) is 17.5. The molecule has 0 radical (unpaired) electrons. The number of rotatable bonds is 13. The van der Waals surface area contributed by atoms with E-state index in [4.69, 9.17) is 4.52 Å². The molecule has 0 aliphatic rings. The molecule has 1 heterocycles. The van der Waals surface area contributed by atoms with E-state index in [9.17, 15) is 0 Å². The summed E-state index contributed by atoms with van der Waals surface area (Å²) in [6, 6.07) is 6.50. The number of fused-ring (bicyclic) bond motifs is 1. The van der Waals surface area contributed by atoms with Gasteiger partial charge in [0, 0.05) is 2.85 Å². The van der Waals surface area contributed by atoms with Crippen molar-refractivity contribution in [1.82, 2.24) is 4.74 Å². The monoisotopic (exact) mass is 451 g/mol. The van der Waals surface area contributed by atoms with Crippen LogP contribution in [-0.4, -0.2) is 10.2 Å². The lowest BCUT2D eigenvalue weighted by Crippen LogP contribution is -2.04. The molecule has 3 nitrogen and oxygen atoms in total. The van der Waals surface area contributed by atoms with Crippen LogP contribution in [0.2, 0.25) is 0 Å². The summed E-state index contributed by atoms with van der Waals surface area (Å²) < 4.78 is 7.83. The van der Waals surface area contributed by atoms with Gasteiger partial charge in [0.1, 0.15) is 5.52 Å². The van der Waals surface area contributed by atoms with E-state index in [1.165, 1.54) is 68.0 Å². The first kappa shape index (κ1) is 32.4.